The minimum absolute atomic E-state index is 0.00621. The van der Waals surface area contributed by atoms with Gasteiger partial charge in [0, 0.05) is 36.7 Å². The third kappa shape index (κ3) is 3.42. The minimum Gasteiger partial charge on any atom is -0.481 e. The summed E-state index contributed by atoms with van der Waals surface area (Å²) in [6.45, 7) is 0.714. The summed E-state index contributed by atoms with van der Waals surface area (Å²) >= 11 is 3.37. The highest BCUT2D eigenvalue weighted by atomic mass is 79.9. The second-order valence-corrected chi connectivity index (χ2v) is 6.15. The van der Waals surface area contributed by atoms with E-state index in [1.807, 2.05) is 24.2 Å². The van der Waals surface area contributed by atoms with Crippen LogP contribution in [0.5, 0.6) is 0 Å². The topological polar surface area (TPSA) is 62.5 Å². The van der Waals surface area contributed by atoms with Crippen LogP contribution in [0.15, 0.2) is 16.7 Å². The van der Waals surface area contributed by atoms with E-state index in [-0.39, 0.29) is 18.4 Å². The van der Waals surface area contributed by atoms with Crippen molar-refractivity contribution in [3.63, 3.8) is 0 Å². The molecular weight excluding hydrogens is 324 g/mol. The Morgan fingerprint density at radius 2 is 2.20 bits per heavy atom. The molecule has 110 valence electrons. The number of nitrogens with zero attached hydrogens (tertiary/aromatic N) is 2. The van der Waals surface area contributed by atoms with E-state index in [0.29, 0.717) is 18.7 Å². The first-order valence-corrected chi connectivity index (χ1v) is 7.63. The lowest BCUT2D eigenvalue weighted by atomic mass is 9.97. The van der Waals surface area contributed by atoms with Gasteiger partial charge >= 0.3 is 5.97 Å². The predicted molar refractivity (Wildman–Crippen MR) is 78.7 cm³/mol. The van der Waals surface area contributed by atoms with E-state index in [4.69, 9.17) is 5.11 Å². The van der Waals surface area contributed by atoms with E-state index in [0.717, 1.165) is 23.7 Å². The molecule has 1 saturated heterocycles. The van der Waals surface area contributed by atoms with Crippen molar-refractivity contribution in [1.82, 2.24) is 9.47 Å². The fourth-order valence-electron chi connectivity index (χ4n) is 2.74. The Labute approximate surface area is 126 Å². The summed E-state index contributed by atoms with van der Waals surface area (Å²) in [6, 6.07) is 1.85. The van der Waals surface area contributed by atoms with Gasteiger partial charge in [0.1, 0.15) is 5.69 Å². The van der Waals surface area contributed by atoms with Gasteiger partial charge in [-0.3, -0.25) is 9.59 Å². The molecule has 1 aliphatic heterocycles. The molecule has 1 unspecified atom stereocenters. The Kier molecular flexibility index (Phi) is 4.86. The minimum atomic E-state index is -0.801. The van der Waals surface area contributed by atoms with Crippen LogP contribution in [-0.2, 0) is 11.8 Å². The maximum atomic E-state index is 12.6. The van der Waals surface area contributed by atoms with Crippen molar-refractivity contribution in [2.75, 3.05) is 6.54 Å². The maximum Gasteiger partial charge on any atom is 0.303 e. The second kappa shape index (κ2) is 6.43. The molecule has 0 aromatic carbocycles. The summed E-state index contributed by atoms with van der Waals surface area (Å²) in [5.41, 5.74) is 0.638. The molecule has 0 spiro atoms. The van der Waals surface area contributed by atoms with Gasteiger partial charge in [-0.05, 0) is 47.7 Å². The smallest absolute Gasteiger partial charge is 0.303 e. The normalized spacial score (nSPS) is 19.1. The SMILES string of the molecule is Cn1cc(Br)cc1C(=O)N1CCCCC1CCC(=O)O. The summed E-state index contributed by atoms with van der Waals surface area (Å²) < 4.78 is 2.68. The fraction of sp³-hybridized carbons (Fsp3) is 0.571. The monoisotopic (exact) mass is 342 g/mol. The van der Waals surface area contributed by atoms with Crippen molar-refractivity contribution in [3.05, 3.63) is 22.4 Å². The van der Waals surface area contributed by atoms with Crippen LogP contribution in [-0.4, -0.2) is 39.0 Å². The number of aryl methyl sites for hydroxylation is 1. The lowest BCUT2D eigenvalue weighted by Crippen LogP contribution is -2.44. The van der Waals surface area contributed by atoms with Gasteiger partial charge in [0.05, 0.1) is 0 Å². The van der Waals surface area contributed by atoms with Crippen LogP contribution >= 0.6 is 15.9 Å². The number of hydrogen-bond acceptors (Lipinski definition) is 2. The van der Waals surface area contributed by atoms with Crippen molar-refractivity contribution < 1.29 is 14.7 Å². The maximum absolute atomic E-state index is 12.6. The highest BCUT2D eigenvalue weighted by Gasteiger charge is 2.29. The van der Waals surface area contributed by atoms with E-state index < -0.39 is 5.97 Å². The lowest BCUT2D eigenvalue weighted by molar-refractivity contribution is -0.137. The molecule has 0 bridgehead atoms. The molecule has 0 radical (unpaired) electrons. The Balaban J connectivity index is 2.12. The van der Waals surface area contributed by atoms with Crippen molar-refractivity contribution in [2.45, 2.75) is 38.1 Å². The Hall–Kier alpha value is -1.30. The molecule has 1 fully saturated rings. The molecule has 1 atom stereocenters. The van der Waals surface area contributed by atoms with E-state index in [2.05, 4.69) is 15.9 Å². The van der Waals surface area contributed by atoms with Crippen LogP contribution in [0.1, 0.15) is 42.6 Å². The molecule has 0 aliphatic carbocycles. The number of rotatable bonds is 4. The van der Waals surface area contributed by atoms with Crippen molar-refractivity contribution in [3.8, 4) is 0 Å². The van der Waals surface area contributed by atoms with Crippen molar-refractivity contribution in [1.29, 1.82) is 0 Å². The average Bonchev–Trinajstić information content (AvgIpc) is 2.75. The molecular formula is C14H19BrN2O3. The molecule has 1 N–H and O–H groups in total. The number of amides is 1. The summed E-state index contributed by atoms with van der Waals surface area (Å²) in [4.78, 5) is 25.2. The molecule has 1 aliphatic rings. The molecule has 2 rings (SSSR count). The molecule has 1 aromatic heterocycles. The van der Waals surface area contributed by atoms with Crippen LogP contribution in [0.2, 0.25) is 0 Å². The van der Waals surface area contributed by atoms with E-state index in [1.165, 1.54) is 0 Å². The number of aliphatic carboxylic acids is 1. The van der Waals surface area contributed by atoms with Crippen LogP contribution in [0.4, 0.5) is 0 Å². The molecule has 5 nitrogen and oxygen atoms in total. The number of carboxylic acid groups (broad SMARTS) is 1. The number of carboxylic acids is 1. The number of piperidine rings is 1. The number of halogens is 1. The van der Waals surface area contributed by atoms with Gasteiger partial charge in [0.25, 0.3) is 5.91 Å². The quantitative estimate of drug-likeness (QED) is 0.914. The molecule has 0 saturated carbocycles. The highest BCUT2D eigenvalue weighted by Crippen LogP contribution is 2.24. The van der Waals surface area contributed by atoms with Gasteiger partial charge in [-0.2, -0.15) is 0 Å². The summed E-state index contributed by atoms with van der Waals surface area (Å²) in [5.74, 6) is -0.808. The van der Waals surface area contributed by atoms with Crippen LogP contribution in [0.25, 0.3) is 0 Å². The lowest BCUT2D eigenvalue weighted by Gasteiger charge is -2.35. The Bertz CT molecular complexity index is 513. The standard InChI is InChI=1S/C14H19BrN2O3/c1-16-9-10(15)8-12(16)14(20)17-7-3-2-4-11(17)5-6-13(18)19/h8-9,11H,2-7H2,1H3,(H,18,19). The van der Waals surface area contributed by atoms with Crippen LogP contribution < -0.4 is 0 Å². The van der Waals surface area contributed by atoms with Gasteiger partial charge in [-0.25, -0.2) is 0 Å². The summed E-state index contributed by atoms with van der Waals surface area (Å²) in [6.07, 6.45) is 5.44. The van der Waals surface area contributed by atoms with Crippen LogP contribution in [0.3, 0.4) is 0 Å². The third-order valence-corrected chi connectivity index (χ3v) is 4.20. The Morgan fingerprint density at radius 3 is 2.80 bits per heavy atom. The third-order valence-electron chi connectivity index (χ3n) is 3.77. The van der Waals surface area contributed by atoms with E-state index in [1.54, 1.807) is 4.57 Å². The first kappa shape index (κ1) is 15.1. The van der Waals surface area contributed by atoms with Gasteiger partial charge in [0.15, 0.2) is 0 Å². The largest absolute Gasteiger partial charge is 0.481 e. The second-order valence-electron chi connectivity index (χ2n) is 5.24. The number of hydrogen-bond donors (Lipinski definition) is 1. The average molecular weight is 343 g/mol. The zero-order valence-electron chi connectivity index (χ0n) is 11.5. The number of carbonyl (C=O) groups is 2. The summed E-state index contributed by atoms with van der Waals surface area (Å²) in [5, 5.41) is 8.82. The van der Waals surface area contributed by atoms with Gasteiger partial charge in [-0.15, -0.1) is 0 Å². The predicted octanol–water partition coefficient (Wildman–Crippen LogP) is 2.65. The van der Waals surface area contributed by atoms with E-state index >= 15 is 0 Å². The fourth-order valence-corrected chi connectivity index (χ4v) is 3.27. The Morgan fingerprint density at radius 1 is 1.45 bits per heavy atom. The zero-order chi connectivity index (χ0) is 14.7. The highest BCUT2D eigenvalue weighted by molar-refractivity contribution is 9.10. The number of aromatic nitrogens is 1. The first-order chi connectivity index (χ1) is 9.49. The number of carbonyl (C=O) groups excluding carboxylic acids is 1. The van der Waals surface area contributed by atoms with Gasteiger partial charge < -0.3 is 14.6 Å². The molecule has 20 heavy (non-hydrogen) atoms. The molecule has 6 heteroatoms. The van der Waals surface area contributed by atoms with Gasteiger partial charge in [0.2, 0.25) is 0 Å². The molecule has 1 aromatic rings. The zero-order valence-corrected chi connectivity index (χ0v) is 13.1. The van der Waals surface area contributed by atoms with Crippen LogP contribution in [0, 0.1) is 0 Å². The summed E-state index contributed by atoms with van der Waals surface area (Å²) in [7, 11) is 1.84. The number of likely N-dealkylation sites (tertiary alicyclic amines) is 1. The van der Waals surface area contributed by atoms with Crippen molar-refractivity contribution in [2.24, 2.45) is 7.05 Å². The molecule has 2 heterocycles. The van der Waals surface area contributed by atoms with Crippen molar-refractivity contribution >= 4 is 27.8 Å². The van der Waals surface area contributed by atoms with Gasteiger partial charge in [-0.1, -0.05) is 0 Å². The first-order valence-electron chi connectivity index (χ1n) is 6.83. The van der Waals surface area contributed by atoms with E-state index in [9.17, 15) is 9.59 Å². The molecule has 1 amide bonds.